The van der Waals surface area contributed by atoms with Gasteiger partial charge in [-0.1, -0.05) is 37.3 Å². The van der Waals surface area contributed by atoms with Gasteiger partial charge in [-0.15, -0.1) is 10.2 Å². The van der Waals surface area contributed by atoms with Gasteiger partial charge in [0.2, 0.25) is 5.91 Å². The molecule has 154 valence electrons. The van der Waals surface area contributed by atoms with E-state index in [9.17, 15) is 9.18 Å². The van der Waals surface area contributed by atoms with E-state index in [1.54, 1.807) is 18.2 Å². The van der Waals surface area contributed by atoms with E-state index in [-0.39, 0.29) is 18.1 Å². The Bertz CT molecular complexity index is 996. The standard InChI is InChI=1S/C24H25FN4O/c1-17-12-14-29(15-13-17)23-11-10-22(27-28-23)18-6-8-20(9-7-18)26-24(30)16-19-4-2-3-5-21(19)25/h2-11,17H,12-16H2,1H3,(H,26,30). The zero-order chi connectivity index (χ0) is 20.9. The van der Waals surface area contributed by atoms with Crippen LogP contribution in [0.2, 0.25) is 0 Å². The minimum absolute atomic E-state index is 0.00333. The van der Waals surface area contributed by atoms with Crippen LogP contribution in [0.15, 0.2) is 60.7 Å². The molecule has 0 bridgehead atoms. The summed E-state index contributed by atoms with van der Waals surface area (Å²) in [6, 6.07) is 17.7. The fourth-order valence-electron chi connectivity index (χ4n) is 3.63. The van der Waals surface area contributed by atoms with Crippen LogP contribution in [0.25, 0.3) is 11.3 Å². The van der Waals surface area contributed by atoms with Crippen LogP contribution in [0.5, 0.6) is 0 Å². The maximum atomic E-state index is 13.7. The second kappa shape index (κ2) is 9.03. The van der Waals surface area contributed by atoms with Gasteiger partial charge in [-0.2, -0.15) is 0 Å². The first-order valence-electron chi connectivity index (χ1n) is 10.3. The highest BCUT2D eigenvalue weighted by atomic mass is 19.1. The third-order valence-electron chi connectivity index (χ3n) is 5.53. The summed E-state index contributed by atoms with van der Waals surface area (Å²) in [6.45, 7) is 4.34. The SMILES string of the molecule is CC1CCN(c2ccc(-c3ccc(NC(=O)Cc4ccccc4F)cc3)nn2)CC1. The second-order valence-electron chi connectivity index (χ2n) is 7.84. The average Bonchev–Trinajstić information content (AvgIpc) is 2.77. The lowest BCUT2D eigenvalue weighted by molar-refractivity contribution is -0.115. The van der Waals surface area contributed by atoms with Crippen molar-refractivity contribution >= 4 is 17.4 Å². The van der Waals surface area contributed by atoms with E-state index in [4.69, 9.17) is 0 Å². The van der Waals surface area contributed by atoms with E-state index in [0.717, 1.165) is 36.1 Å². The highest BCUT2D eigenvalue weighted by molar-refractivity contribution is 5.92. The first kappa shape index (κ1) is 20.0. The smallest absolute Gasteiger partial charge is 0.228 e. The summed E-state index contributed by atoms with van der Waals surface area (Å²) in [5.74, 6) is 1.07. The van der Waals surface area contributed by atoms with Crippen molar-refractivity contribution < 1.29 is 9.18 Å². The summed E-state index contributed by atoms with van der Waals surface area (Å²) in [5, 5.41) is 11.6. The Morgan fingerprint density at radius 1 is 1.03 bits per heavy atom. The zero-order valence-electron chi connectivity index (χ0n) is 17.0. The molecule has 2 aromatic carbocycles. The maximum Gasteiger partial charge on any atom is 0.228 e. The number of hydrogen-bond acceptors (Lipinski definition) is 4. The number of nitrogens with one attached hydrogen (secondary N) is 1. The molecule has 0 unspecified atom stereocenters. The number of benzene rings is 2. The van der Waals surface area contributed by atoms with Crippen molar-refractivity contribution in [3.63, 3.8) is 0 Å². The van der Waals surface area contributed by atoms with E-state index in [2.05, 4.69) is 27.3 Å². The molecule has 1 aliphatic rings. The molecule has 5 nitrogen and oxygen atoms in total. The molecule has 6 heteroatoms. The van der Waals surface area contributed by atoms with Crippen LogP contribution in [0.4, 0.5) is 15.9 Å². The van der Waals surface area contributed by atoms with E-state index in [1.165, 1.54) is 18.9 Å². The number of piperidine rings is 1. The molecule has 1 N–H and O–H groups in total. The molecule has 0 atom stereocenters. The minimum Gasteiger partial charge on any atom is -0.355 e. The van der Waals surface area contributed by atoms with Gasteiger partial charge in [0.05, 0.1) is 12.1 Å². The largest absolute Gasteiger partial charge is 0.355 e. The van der Waals surface area contributed by atoms with E-state index < -0.39 is 0 Å². The monoisotopic (exact) mass is 404 g/mol. The average molecular weight is 404 g/mol. The quantitative estimate of drug-likeness (QED) is 0.670. The molecule has 0 radical (unpaired) electrons. The molecule has 1 fully saturated rings. The van der Waals surface area contributed by atoms with Crippen LogP contribution in [0, 0.1) is 11.7 Å². The molecule has 1 saturated heterocycles. The maximum absolute atomic E-state index is 13.7. The lowest BCUT2D eigenvalue weighted by Crippen LogP contribution is -2.33. The summed E-state index contributed by atoms with van der Waals surface area (Å²) >= 11 is 0. The number of carbonyl (C=O) groups excluding carboxylic acids is 1. The predicted molar refractivity (Wildman–Crippen MR) is 117 cm³/mol. The molecule has 30 heavy (non-hydrogen) atoms. The summed E-state index contributed by atoms with van der Waals surface area (Å²) in [7, 11) is 0. The van der Waals surface area contributed by atoms with Crippen LogP contribution < -0.4 is 10.2 Å². The number of carbonyl (C=O) groups is 1. The van der Waals surface area contributed by atoms with Crippen LogP contribution in [-0.2, 0) is 11.2 Å². The van der Waals surface area contributed by atoms with Gasteiger partial charge in [0.25, 0.3) is 0 Å². The van der Waals surface area contributed by atoms with Crippen molar-refractivity contribution in [2.24, 2.45) is 5.92 Å². The first-order chi connectivity index (χ1) is 14.6. The van der Waals surface area contributed by atoms with Gasteiger partial charge in [0.15, 0.2) is 5.82 Å². The lowest BCUT2D eigenvalue weighted by Gasteiger charge is -2.30. The number of amides is 1. The number of rotatable bonds is 5. The molecule has 1 aromatic heterocycles. The highest BCUT2D eigenvalue weighted by Gasteiger charge is 2.17. The second-order valence-corrected chi connectivity index (χ2v) is 7.84. The third-order valence-corrected chi connectivity index (χ3v) is 5.53. The molecule has 0 saturated carbocycles. The van der Waals surface area contributed by atoms with Crippen LogP contribution in [0.3, 0.4) is 0 Å². The van der Waals surface area contributed by atoms with Crippen LogP contribution >= 0.6 is 0 Å². The zero-order valence-corrected chi connectivity index (χ0v) is 17.0. The fraction of sp³-hybridized carbons (Fsp3) is 0.292. The molecule has 0 spiro atoms. The Morgan fingerprint density at radius 2 is 1.77 bits per heavy atom. The van der Waals surface area contributed by atoms with Gasteiger partial charge in [-0.25, -0.2) is 4.39 Å². The predicted octanol–water partition coefficient (Wildman–Crippen LogP) is 4.70. The van der Waals surface area contributed by atoms with Crippen molar-refractivity contribution in [2.75, 3.05) is 23.3 Å². The van der Waals surface area contributed by atoms with Gasteiger partial charge in [-0.3, -0.25) is 4.79 Å². The lowest BCUT2D eigenvalue weighted by atomic mass is 9.99. The highest BCUT2D eigenvalue weighted by Crippen LogP contribution is 2.24. The van der Waals surface area contributed by atoms with Crippen molar-refractivity contribution in [3.8, 4) is 11.3 Å². The van der Waals surface area contributed by atoms with Gasteiger partial charge in [-0.05, 0) is 54.7 Å². The van der Waals surface area contributed by atoms with Crippen LogP contribution in [-0.4, -0.2) is 29.2 Å². The van der Waals surface area contributed by atoms with Crippen molar-refractivity contribution in [2.45, 2.75) is 26.2 Å². The molecule has 4 rings (SSSR count). The molecule has 0 aliphatic carbocycles. The molecule has 1 aliphatic heterocycles. The van der Waals surface area contributed by atoms with Gasteiger partial charge in [0.1, 0.15) is 5.82 Å². The minimum atomic E-state index is -0.371. The normalized spacial score (nSPS) is 14.5. The summed E-state index contributed by atoms with van der Waals surface area (Å²) in [5.41, 5.74) is 2.75. The molecule has 2 heterocycles. The summed E-state index contributed by atoms with van der Waals surface area (Å²) in [4.78, 5) is 14.5. The number of hydrogen-bond donors (Lipinski definition) is 1. The van der Waals surface area contributed by atoms with Gasteiger partial charge in [0, 0.05) is 24.3 Å². The Labute approximate surface area is 176 Å². The summed E-state index contributed by atoms with van der Waals surface area (Å²) < 4.78 is 13.7. The number of nitrogens with zero attached hydrogens (tertiary/aromatic N) is 3. The van der Waals surface area contributed by atoms with Crippen molar-refractivity contribution in [1.82, 2.24) is 10.2 Å². The van der Waals surface area contributed by atoms with Gasteiger partial charge >= 0.3 is 0 Å². The van der Waals surface area contributed by atoms with Crippen molar-refractivity contribution in [3.05, 3.63) is 72.0 Å². The molecule has 1 amide bonds. The number of halogens is 1. The first-order valence-corrected chi connectivity index (χ1v) is 10.3. The van der Waals surface area contributed by atoms with Crippen molar-refractivity contribution in [1.29, 1.82) is 0 Å². The number of anilines is 2. The van der Waals surface area contributed by atoms with Crippen LogP contribution in [0.1, 0.15) is 25.3 Å². The Balaban J connectivity index is 1.37. The third kappa shape index (κ3) is 4.82. The van der Waals surface area contributed by atoms with E-state index >= 15 is 0 Å². The molecule has 3 aromatic rings. The van der Waals surface area contributed by atoms with E-state index in [1.807, 2.05) is 36.4 Å². The summed E-state index contributed by atoms with van der Waals surface area (Å²) in [6.07, 6.45) is 2.37. The molecular formula is C24H25FN4O. The topological polar surface area (TPSA) is 58.1 Å². The fourth-order valence-corrected chi connectivity index (χ4v) is 3.63. The Kier molecular flexibility index (Phi) is 6.02. The van der Waals surface area contributed by atoms with Gasteiger partial charge < -0.3 is 10.2 Å². The van der Waals surface area contributed by atoms with E-state index in [0.29, 0.717) is 11.3 Å². The Morgan fingerprint density at radius 3 is 2.43 bits per heavy atom. The Hall–Kier alpha value is -3.28. The molecular weight excluding hydrogens is 379 g/mol. The number of aromatic nitrogens is 2.